The van der Waals surface area contributed by atoms with Crippen molar-refractivity contribution in [2.75, 3.05) is 5.32 Å². The number of anilines is 1. The Morgan fingerprint density at radius 2 is 1.90 bits per heavy atom. The SMILES string of the molecule is Cc1ccc(NC(=O)CC2(C(=O)O)CCCCC2)c(C)n1. The van der Waals surface area contributed by atoms with Gasteiger partial charge in [-0.15, -0.1) is 0 Å². The number of nitrogens with zero attached hydrogens (tertiary/aromatic N) is 1. The van der Waals surface area contributed by atoms with Crippen LogP contribution in [0.4, 0.5) is 5.69 Å². The smallest absolute Gasteiger partial charge is 0.310 e. The summed E-state index contributed by atoms with van der Waals surface area (Å²) in [5.41, 5.74) is 1.40. The van der Waals surface area contributed by atoms with Crippen LogP contribution in [-0.2, 0) is 9.59 Å². The van der Waals surface area contributed by atoms with E-state index in [-0.39, 0.29) is 12.3 Å². The first kappa shape index (κ1) is 15.5. The highest BCUT2D eigenvalue weighted by Crippen LogP contribution is 2.39. The average molecular weight is 290 g/mol. The van der Waals surface area contributed by atoms with Gasteiger partial charge in [-0.2, -0.15) is 0 Å². The van der Waals surface area contributed by atoms with Crippen molar-refractivity contribution >= 4 is 17.6 Å². The van der Waals surface area contributed by atoms with Gasteiger partial charge in [0.15, 0.2) is 0 Å². The lowest BCUT2D eigenvalue weighted by Gasteiger charge is -2.32. The number of carbonyl (C=O) groups excluding carboxylic acids is 1. The molecule has 0 atom stereocenters. The lowest BCUT2D eigenvalue weighted by molar-refractivity contribution is -0.153. The second-order valence-electron chi connectivity index (χ2n) is 5.96. The van der Waals surface area contributed by atoms with Crippen LogP contribution in [0, 0.1) is 19.3 Å². The number of carbonyl (C=O) groups is 2. The van der Waals surface area contributed by atoms with Crippen molar-refractivity contribution in [3.05, 3.63) is 23.5 Å². The van der Waals surface area contributed by atoms with E-state index in [9.17, 15) is 14.7 Å². The third kappa shape index (κ3) is 3.60. The molecule has 21 heavy (non-hydrogen) atoms. The van der Waals surface area contributed by atoms with Crippen LogP contribution in [0.2, 0.25) is 0 Å². The van der Waals surface area contributed by atoms with Crippen LogP contribution in [0.25, 0.3) is 0 Å². The Kier molecular flexibility index (Phi) is 4.60. The average Bonchev–Trinajstić information content (AvgIpc) is 2.43. The van der Waals surface area contributed by atoms with E-state index in [1.807, 2.05) is 26.0 Å². The first-order valence-electron chi connectivity index (χ1n) is 7.40. The van der Waals surface area contributed by atoms with Gasteiger partial charge in [-0.05, 0) is 38.8 Å². The van der Waals surface area contributed by atoms with Gasteiger partial charge < -0.3 is 10.4 Å². The molecule has 2 rings (SSSR count). The minimum Gasteiger partial charge on any atom is -0.481 e. The number of pyridine rings is 1. The Labute approximate surface area is 124 Å². The van der Waals surface area contributed by atoms with E-state index < -0.39 is 11.4 Å². The van der Waals surface area contributed by atoms with Crippen molar-refractivity contribution in [3.8, 4) is 0 Å². The molecule has 0 saturated heterocycles. The van der Waals surface area contributed by atoms with Crippen molar-refractivity contribution in [2.45, 2.75) is 52.4 Å². The topological polar surface area (TPSA) is 79.3 Å². The number of aliphatic carboxylic acids is 1. The highest BCUT2D eigenvalue weighted by Gasteiger charge is 2.41. The lowest BCUT2D eigenvalue weighted by atomic mass is 9.71. The molecule has 0 bridgehead atoms. The first-order chi connectivity index (χ1) is 9.93. The summed E-state index contributed by atoms with van der Waals surface area (Å²) >= 11 is 0. The second kappa shape index (κ2) is 6.24. The van der Waals surface area contributed by atoms with Crippen LogP contribution >= 0.6 is 0 Å². The predicted molar refractivity (Wildman–Crippen MR) is 80.1 cm³/mol. The Bertz CT molecular complexity index is 548. The van der Waals surface area contributed by atoms with Gasteiger partial charge in [0.05, 0.1) is 16.8 Å². The van der Waals surface area contributed by atoms with Crippen LogP contribution in [0.15, 0.2) is 12.1 Å². The number of nitrogens with one attached hydrogen (secondary N) is 1. The summed E-state index contributed by atoms with van der Waals surface area (Å²) in [6.07, 6.45) is 4.02. The number of hydrogen-bond donors (Lipinski definition) is 2. The van der Waals surface area contributed by atoms with Gasteiger partial charge >= 0.3 is 5.97 Å². The minimum absolute atomic E-state index is 0.0374. The third-order valence-corrected chi connectivity index (χ3v) is 4.26. The summed E-state index contributed by atoms with van der Waals surface area (Å²) in [5.74, 6) is -1.09. The number of hydrogen-bond acceptors (Lipinski definition) is 3. The van der Waals surface area contributed by atoms with E-state index in [4.69, 9.17) is 0 Å². The molecule has 5 heteroatoms. The van der Waals surface area contributed by atoms with E-state index in [0.717, 1.165) is 30.7 Å². The minimum atomic E-state index is -0.894. The first-order valence-corrected chi connectivity index (χ1v) is 7.40. The molecule has 114 valence electrons. The summed E-state index contributed by atoms with van der Waals surface area (Å²) in [7, 11) is 0. The molecule has 0 radical (unpaired) electrons. The molecule has 1 heterocycles. The Hall–Kier alpha value is -1.91. The van der Waals surface area contributed by atoms with Crippen LogP contribution < -0.4 is 5.32 Å². The zero-order chi connectivity index (χ0) is 15.5. The fraction of sp³-hybridized carbons (Fsp3) is 0.562. The summed E-state index contributed by atoms with van der Waals surface area (Å²) < 4.78 is 0. The van der Waals surface area contributed by atoms with Gasteiger partial charge in [-0.3, -0.25) is 14.6 Å². The number of aromatic nitrogens is 1. The monoisotopic (exact) mass is 290 g/mol. The normalized spacial score (nSPS) is 17.2. The highest BCUT2D eigenvalue weighted by molar-refractivity contribution is 5.94. The molecule has 1 amide bonds. The van der Waals surface area contributed by atoms with E-state index >= 15 is 0 Å². The summed E-state index contributed by atoms with van der Waals surface area (Å²) in [6, 6.07) is 3.64. The molecule has 0 aromatic carbocycles. The zero-order valence-corrected chi connectivity index (χ0v) is 12.6. The maximum absolute atomic E-state index is 12.2. The Morgan fingerprint density at radius 1 is 1.24 bits per heavy atom. The third-order valence-electron chi connectivity index (χ3n) is 4.26. The van der Waals surface area contributed by atoms with Crippen molar-refractivity contribution in [1.29, 1.82) is 0 Å². The maximum Gasteiger partial charge on any atom is 0.310 e. The largest absolute Gasteiger partial charge is 0.481 e. The molecule has 2 N–H and O–H groups in total. The van der Waals surface area contributed by atoms with Gasteiger partial charge in [0.1, 0.15) is 0 Å². The molecular formula is C16H22N2O3. The molecule has 1 saturated carbocycles. The molecule has 1 aromatic rings. The number of carboxylic acid groups (broad SMARTS) is 1. The van der Waals surface area contributed by atoms with Crippen LogP contribution in [0.3, 0.4) is 0 Å². The summed E-state index contributed by atoms with van der Waals surface area (Å²) in [6.45, 7) is 3.72. The molecule has 0 aliphatic heterocycles. The molecule has 1 aromatic heterocycles. The van der Waals surface area contributed by atoms with Crippen LogP contribution in [0.1, 0.15) is 49.9 Å². The summed E-state index contributed by atoms with van der Waals surface area (Å²) in [5, 5.41) is 12.3. The van der Waals surface area contributed by atoms with Crippen molar-refractivity contribution < 1.29 is 14.7 Å². The maximum atomic E-state index is 12.2. The van der Waals surface area contributed by atoms with E-state index in [1.165, 1.54) is 0 Å². The van der Waals surface area contributed by atoms with Gasteiger partial charge in [-0.1, -0.05) is 19.3 Å². The van der Waals surface area contributed by atoms with Crippen LogP contribution in [-0.4, -0.2) is 22.0 Å². The molecule has 0 unspecified atom stereocenters. The highest BCUT2D eigenvalue weighted by atomic mass is 16.4. The predicted octanol–water partition coefficient (Wildman–Crippen LogP) is 3.06. The van der Waals surface area contributed by atoms with E-state index in [0.29, 0.717) is 18.5 Å². The van der Waals surface area contributed by atoms with E-state index in [1.54, 1.807) is 0 Å². The number of amides is 1. The Morgan fingerprint density at radius 3 is 2.48 bits per heavy atom. The molecule has 5 nitrogen and oxygen atoms in total. The van der Waals surface area contributed by atoms with Gasteiger partial charge in [0.2, 0.25) is 5.91 Å². The number of carboxylic acids is 1. The fourth-order valence-corrected chi connectivity index (χ4v) is 3.02. The Balaban J connectivity index is 2.07. The van der Waals surface area contributed by atoms with Gasteiger partial charge in [0, 0.05) is 12.1 Å². The van der Waals surface area contributed by atoms with Crippen molar-refractivity contribution in [3.63, 3.8) is 0 Å². The number of aryl methyl sites for hydroxylation is 2. The molecule has 1 aliphatic carbocycles. The van der Waals surface area contributed by atoms with Crippen LogP contribution in [0.5, 0.6) is 0 Å². The lowest BCUT2D eigenvalue weighted by Crippen LogP contribution is -2.37. The quantitative estimate of drug-likeness (QED) is 0.893. The molecular weight excluding hydrogens is 268 g/mol. The summed E-state index contributed by atoms with van der Waals surface area (Å²) in [4.78, 5) is 28.1. The molecule has 0 spiro atoms. The molecule has 1 aliphatic rings. The standard InChI is InChI=1S/C16H22N2O3/c1-11-6-7-13(12(2)17-11)18-14(19)10-16(15(20)21)8-4-3-5-9-16/h6-7H,3-5,8-10H2,1-2H3,(H,18,19)(H,20,21). The fourth-order valence-electron chi connectivity index (χ4n) is 3.02. The van der Waals surface area contributed by atoms with Gasteiger partial charge in [0.25, 0.3) is 0 Å². The molecule has 1 fully saturated rings. The van der Waals surface area contributed by atoms with Gasteiger partial charge in [-0.25, -0.2) is 0 Å². The second-order valence-corrected chi connectivity index (χ2v) is 5.96. The number of rotatable bonds is 4. The van der Waals surface area contributed by atoms with E-state index in [2.05, 4.69) is 10.3 Å². The van der Waals surface area contributed by atoms with Crippen molar-refractivity contribution in [1.82, 2.24) is 4.98 Å². The van der Waals surface area contributed by atoms with Crippen molar-refractivity contribution in [2.24, 2.45) is 5.41 Å². The zero-order valence-electron chi connectivity index (χ0n) is 12.6.